The molecule has 27 heavy (non-hydrogen) atoms. The topological polar surface area (TPSA) is 80.7 Å². The summed E-state index contributed by atoms with van der Waals surface area (Å²) in [5.74, 6) is 0. The second kappa shape index (κ2) is 9.38. The van der Waals surface area contributed by atoms with E-state index in [0.29, 0.717) is 17.0 Å². The zero-order chi connectivity index (χ0) is 19.8. The molecule has 5 heteroatoms. The van der Waals surface area contributed by atoms with Crippen LogP contribution in [0, 0.1) is 0 Å². The Kier molecular flexibility index (Phi) is 6.94. The van der Waals surface area contributed by atoms with Gasteiger partial charge >= 0.3 is 0 Å². The first-order valence-electron chi connectivity index (χ1n) is 8.60. The molecule has 2 N–H and O–H groups in total. The molecule has 2 aromatic rings. The summed E-state index contributed by atoms with van der Waals surface area (Å²) in [7, 11) is 1.70. The largest absolute Gasteiger partial charge is 0.402 e. The fourth-order valence-corrected chi connectivity index (χ4v) is 2.67. The Hall–Kier alpha value is -3.34. The number of aromatic nitrogens is 1. The van der Waals surface area contributed by atoms with Gasteiger partial charge in [0.2, 0.25) is 0 Å². The van der Waals surface area contributed by atoms with E-state index in [1.165, 1.54) is 0 Å². The van der Waals surface area contributed by atoms with Crippen molar-refractivity contribution in [1.82, 2.24) is 4.98 Å². The Morgan fingerprint density at radius 2 is 1.78 bits per heavy atom. The molecule has 0 fully saturated rings. The zero-order valence-corrected chi connectivity index (χ0v) is 16.1. The van der Waals surface area contributed by atoms with E-state index in [4.69, 9.17) is 5.73 Å². The van der Waals surface area contributed by atoms with Gasteiger partial charge in [0.25, 0.3) is 0 Å². The molecule has 5 nitrogen and oxygen atoms in total. The van der Waals surface area contributed by atoms with Gasteiger partial charge in [0, 0.05) is 53.3 Å². The van der Waals surface area contributed by atoms with Crippen LogP contribution in [-0.4, -0.2) is 30.2 Å². The van der Waals surface area contributed by atoms with Gasteiger partial charge in [0.15, 0.2) is 6.29 Å². The zero-order valence-electron chi connectivity index (χ0n) is 16.1. The highest BCUT2D eigenvalue weighted by atomic mass is 16.1. The Labute approximate surface area is 160 Å². The number of allylic oxidation sites excluding steroid dienone is 4. The lowest BCUT2D eigenvalue weighted by Crippen LogP contribution is -2.08. The Morgan fingerprint density at radius 3 is 2.30 bits per heavy atom. The van der Waals surface area contributed by atoms with Gasteiger partial charge < -0.3 is 5.73 Å². The molecule has 1 aromatic heterocycles. The molecule has 1 aromatic carbocycles. The van der Waals surface area contributed by atoms with E-state index in [-0.39, 0.29) is 0 Å². The predicted octanol–water partition coefficient (Wildman–Crippen LogP) is 4.07. The summed E-state index contributed by atoms with van der Waals surface area (Å²) in [5, 5.41) is 0. The molecule has 0 bridgehead atoms. The standard InChI is InChI=1S/C22H24N4O/c1-15(23)21(14-27)17(3)26-16(2)20(13-24-4)19-10-11-22(25-12-19)18-8-6-5-7-9-18/h5-14H,23H2,1-4H3/b20-16-,21-15+,24-13?,26-17-. The average molecular weight is 360 g/mol. The van der Waals surface area contributed by atoms with Crippen molar-refractivity contribution in [2.45, 2.75) is 20.8 Å². The maximum Gasteiger partial charge on any atom is 0.153 e. The lowest BCUT2D eigenvalue weighted by atomic mass is 10.0. The summed E-state index contributed by atoms with van der Waals surface area (Å²) in [4.78, 5) is 24.5. The lowest BCUT2D eigenvalue weighted by molar-refractivity contribution is -0.104. The number of rotatable bonds is 6. The number of hydrogen-bond acceptors (Lipinski definition) is 5. The minimum absolute atomic E-state index is 0.402. The smallest absolute Gasteiger partial charge is 0.153 e. The van der Waals surface area contributed by atoms with Gasteiger partial charge in [-0.3, -0.25) is 19.8 Å². The molecule has 0 aliphatic carbocycles. The molecule has 0 saturated heterocycles. The summed E-state index contributed by atoms with van der Waals surface area (Å²) in [5.41, 5.74) is 11.6. The Morgan fingerprint density at radius 1 is 1.07 bits per heavy atom. The van der Waals surface area contributed by atoms with Gasteiger partial charge in [-0.15, -0.1) is 0 Å². The molecule has 0 spiro atoms. The Bertz CT molecular complexity index is 917. The number of aliphatic imine (C=N–C) groups is 2. The lowest BCUT2D eigenvalue weighted by Gasteiger charge is -2.08. The third-order valence-corrected chi connectivity index (χ3v) is 4.06. The third-order valence-electron chi connectivity index (χ3n) is 4.06. The van der Waals surface area contributed by atoms with Crippen molar-refractivity contribution in [1.29, 1.82) is 0 Å². The van der Waals surface area contributed by atoms with Crippen LogP contribution in [0.4, 0.5) is 0 Å². The van der Waals surface area contributed by atoms with Crippen LogP contribution in [0.2, 0.25) is 0 Å². The van der Waals surface area contributed by atoms with E-state index in [9.17, 15) is 4.79 Å². The van der Waals surface area contributed by atoms with Crippen LogP contribution in [0.1, 0.15) is 26.3 Å². The van der Waals surface area contributed by atoms with E-state index in [0.717, 1.165) is 34.4 Å². The first-order chi connectivity index (χ1) is 13.0. The molecule has 0 aliphatic heterocycles. The highest BCUT2D eigenvalue weighted by Crippen LogP contribution is 2.22. The molecule has 138 valence electrons. The molecule has 2 rings (SSSR count). The maximum absolute atomic E-state index is 11.2. The number of carbonyl (C=O) groups is 1. The molecule has 0 aliphatic rings. The number of nitrogens with zero attached hydrogens (tertiary/aromatic N) is 3. The maximum atomic E-state index is 11.2. The van der Waals surface area contributed by atoms with Crippen molar-refractivity contribution in [2.75, 3.05) is 7.05 Å². The molecule has 0 unspecified atom stereocenters. The number of aldehydes is 1. The van der Waals surface area contributed by atoms with Crippen LogP contribution in [-0.2, 0) is 4.79 Å². The van der Waals surface area contributed by atoms with Gasteiger partial charge in [0.05, 0.1) is 11.3 Å². The fraction of sp³-hybridized carbons (Fsp3) is 0.182. The van der Waals surface area contributed by atoms with Gasteiger partial charge in [-0.1, -0.05) is 36.4 Å². The predicted molar refractivity (Wildman–Crippen MR) is 113 cm³/mol. The quantitative estimate of drug-likeness (QED) is 0.479. The SMILES string of the molecule is CN=C/C(=C(C)/N=C(C)\C(C=O)=C(/C)N)c1ccc(-c2ccccc2)nc1. The number of benzene rings is 1. The van der Waals surface area contributed by atoms with Crippen LogP contribution >= 0.6 is 0 Å². The van der Waals surface area contributed by atoms with E-state index >= 15 is 0 Å². The minimum atomic E-state index is 0.402. The van der Waals surface area contributed by atoms with Crippen LogP contribution in [0.25, 0.3) is 16.8 Å². The molecule has 0 saturated carbocycles. The Balaban J connectivity index is 2.46. The van der Waals surface area contributed by atoms with Crippen LogP contribution in [0.15, 0.2) is 75.6 Å². The van der Waals surface area contributed by atoms with Crippen molar-refractivity contribution in [3.05, 3.63) is 71.2 Å². The van der Waals surface area contributed by atoms with Crippen molar-refractivity contribution >= 4 is 23.8 Å². The van der Waals surface area contributed by atoms with Gasteiger partial charge in [0.1, 0.15) is 0 Å². The van der Waals surface area contributed by atoms with E-state index in [1.807, 2.05) is 49.4 Å². The van der Waals surface area contributed by atoms with Gasteiger partial charge in [-0.25, -0.2) is 0 Å². The molecular weight excluding hydrogens is 336 g/mol. The summed E-state index contributed by atoms with van der Waals surface area (Å²) in [6.45, 7) is 5.32. The minimum Gasteiger partial charge on any atom is -0.402 e. The van der Waals surface area contributed by atoms with E-state index < -0.39 is 0 Å². The summed E-state index contributed by atoms with van der Waals surface area (Å²) < 4.78 is 0. The summed E-state index contributed by atoms with van der Waals surface area (Å²) >= 11 is 0. The van der Waals surface area contributed by atoms with Crippen molar-refractivity contribution in [2.24, 2.45) is 15.7 Å². The highest BCUT2D eigenvalue weighted by molar-refractivity contribution is 6.16. The van der Waals surface area contributed by atoms with Gasteiger partial charge in [-0.2, -0.15) is 0 Å². The number of hydrogen-bond donors (Lipinski definition) is 1. The second-order valence-corrected chi connectivity index (χ2v) is 6.10. The molecule has 0 radical (unpaired) electrons. The average Bonchev–Trinajstić information content (AvgIpc) is 2.67. The first kappa shape index (κ1) is 20.0. The van der Waals surface area contributed by atoms with Crippen molar-refractivity contribution < 1.29 is 4.79 Å². The number of nitrogens with two attached hydrogens (primary N) is 1. The molecular formula is C22H24N4O. The molecule has 0 atom stereocenters. The van der Waals surface area contributed by atoms with Crippen LogP contribution in [0.3, 0.4) is 0 Å². The summed E-state index contributed by atoms with van der Waals surface area (Å²) in [6, 6.07) is 14.0. The number of carbonyl (C=O) groups excluding carboxylic acids is 1. The second-order valence-electron chi connectivity index (χ2n) is 6.10. The van der Waals surface area contributed by atoms with Crippen LogP contribution in [0.5, 0.6) is 0 Å². The highest BCUT2D eigenvalue weighted by Gasteiger charge is 2.08. The van der Waals surface area contributed by atoms with Gasteiger partial charge in [-0.05, 0) is 26.8 Å². The molecule has 0 amide bonds. The van der Waals surface area contributed by atoms with Crippen molar-refractivity contribution in [3.63, 3.8) is 0 Å². The summed E-state index contributed by atoms with van der Waals surface area (Å²) in [6.07, 6.45) is 4.27. The fourth-order valence-electron chi connectivity index (χ4n) is 2.67. The van der Waals surface area contributed by atoms with E-state index in [1.54, 1.807) is 33.3 Å². The third kappa shape index (κ3) is 5.07. The molecule has 1 heterocycles. The van der Waals surface area contributed by atoms with Crippen molar-refractivity contribution in [3.8, 4) is 11.3 Å². The first-order valence-corrected chi connectivity index (χ1v) is 8.60. The number of pyridine rings is 1. The normalized spacial score (nSPS) is 14.0. The van der Waals surface area contributed by atoms with E-state index in [2.05, 4.69) is 15.0 Å². The van der Waals surface area contributed by atoms with Crippen LogP contribution < -0.4 is 5.73 Å². The monoisotopic (exact) mass is 360 g/mol.